The molecule has 0 N–H and O–H groups in total. The molecule has 0 fully saturated rings. The Balaban J connectivity index is 2.62. The van der Waals surface area contributed by atoms with Gasteiger partial charge in [-0.15, -0.1) is 0 Å². The van der Waals surface area contributed by atoms with Gasteiger partial charge in [0.2, 0.25) is 11.7 Å². The Labute approximate surface area is 113 Å². The largest absolute Gasteiger partial charge is 0.475 e. The number of hydrogen-bond acceptors (Lipinski definition) is 4. The summed E-state index contributed by atoms with van der Waals surface area (Å²) in [5.41, 5.74) is -0.343. The molecule has 4 nitrogen and oxygen atoms in total. The van der Waals surface area contributed by atoms with Gasteiger partial charge in [0, 0.05) is 6.07 Å². The van der Waals surface area contributed by atoms with E-state index < -0.39 is 12.0 Å². The molecule has 0 aliphatic rings. The first kappa shape index (κ1) is 16.0. The van der Waals surface area contributed by atoms with Crippen molar-refractivity contribution in [3.8, 4) is 5.88 Å². The number of rotatable bonds is 4. The maximum absolute atomic E-state index is 12.4. The van der Waals surface area contributed by atoms with Crippen LogP contribution in [0.25, 0.3) is 0 Å². The molecule has 0 unspecified atom stereocenters. The molecule has 1 rings (SSSR count). The van der Waals surface area contributed by atoms with Crippen LogP contribution in [0.4, 0.5) is 13.2 Å². The van der Waals surface area contributed by atoms with Crippen molar-refractivity contribution >= 4 is 11.6 Å². The van der Waals surface area contributed by atoms with Crippen LogP contribution in [0.1, 0.15) is 26.6 Å². The predicted molar refractivity (Wildman–Crippen MR) is 63.2 cm³/mol. The van der Waals surface area contributed by atoms with Crippen LogP contribution in [0, 0.1) is 0 Å². The summed E-state index contributed by atoms with van der Waals surface area (Å²) in [4.78, 5) is 6.33. The van der Waals surface area contributed by atoms with Gasteiger partial charge in [-0.2, -0.15) is 18.2 Å². The van der Waals surface area contributed by atoms with Crippen molar-refractivity contribution in [2.45, 2.75) is 32.5 Å². The molecule has 1 aromatic rings. The van der Waals surface area contributed by atoms with Gasteiger partial charge in [-0.3, -0.25) is 0 Å². The summed E-state index contributed by atoms with van der Waals surface area (Å²) in [6.07, 6.45) is -4.66. The molecule has 0 bridgehead atoms. The fraction of sp³-hybridized carbons (Fsp3) is 0.636. The molecule has 8 heteroatoms. The second-order valence-electron chi connectivity index (χ2n) is 4.66. The van der Waals surface area contributed by atoms with Crippen molar-refractivity contribution in [3.63, 3.8) is 0 Å². The number of nitrogens with zero attached hydrogens (tertiary/aromatic N) is 2. The van der Waals surface area contributed by atoms with Gasteiger partial charge in [-0.1, -0.05) is 11.6 Å². The molecule has 1 aromatic heterocycles. The Morgan fingerprint density at radius 1 is 1.16 bits per heavy atom. The molecule has 0 atom stereocenters. The normalized spacial score (nSPS) is 12.6. The monoisotopic (exact) mass is 298 g/mol. The number of hydrogen-bond donors (Lipinski definition) is 0. The van der Waals surface area contributed by atoms with Gasteiger partial charge < -0.3 is 9.47 Å². The van der Waals surface area contributed by atoms with Crippen LogP contribution in [0.3, 0.4) is 0 Å². The molecule has 0 radical (unpaired) electrons. The van der Waals surface area contributed by atoms with E-state index in [0.717, 1.165) is 6.07 Å². The Morgan fingerprint density at radius 3 is 2.32 bits per heavy atom. The molecule has 1 heterocycles. The Morgan fingerprint density at radius 2 is 1.79 bits per heavy atom. The highest BCUT2D eigenvalue weighted by Gasteiger charge is 2.35. The van der Waals surface area contributed by atoms with E-state index in [-0.39, 0.29) is 29.8 Å². The summed E-state index contributed by atoms with van der Waals surface area (Å²) in [6.45, 7) is 5.87. The van der Waals surface area contributed by atoms with Gasteiger partial charge in [-0.25, -0.2) is 4.98 Å². The van der Waals surface area contributed by atoms with E-state index >= 15 is 0 Å². The number of aromatic nitrogens is 2. The lowest BCUT2D eigenvalue weighted by molar-refractivity contribution is -0.145. The van der Waals surface area contributed by atoms with E-state index in [4.69, 9.17) is 21.1 Å². The molecule has 0 aromatic carbocycles. The van der Waals surface area contributed by atoms with Crippen LogP contribution >= 0.6 is 11.6 Å². The van der Waals surface area contributed by atoms with Crippen LogP contribution in [0.2, 0.25) is 5.15 Å². The van der Waals surface area contributed by atoms with Gasteiger partial charge >= 0.3 is 6.18 Å². The van der Waals surface area contributed by atoms with Crippen molar-refractivity contribution in [2.24, 2.45) is 0 Å². The summed E-state index contributed by atoms with van der Waals surface area (Å²) in [5.74, 6) is -1.56. The highest BCUT2D eigenvalue weighted by Crippen LogP contribution is 2.28. The Hall–Kier alpha value is -1.08. The molecule has 0 aliphatic carbocycles. The standard InChI is InChI=1S/C11H14ClF3N2O2/c1-10(2,3)19-5-4-18-8-6-7(12)16-9(17-8)11(13,14)15/h6H,4-5H2,1-3H3. The topological polar surface area (TPSA) is 44.2 Å². The first-order chi connectivity index (χ1) is 8.58. The maximum Gasteiger partial charge on any atom is 0.451 e. The lowest BCUT2D eigenvalue weighted by atomic mass is 10.2. The molecule has 0 saturated carbocycles. The summed E-state index contributed by atoms with van der Waals surface area (Å²) in [7, 11) is 0. The smallest absolute Gasteiger partial charge is 0.451 e. The van der Waals surface area contributed by atoms with Crippen LogP contribution in [0.5, 0.6) is 5.88 Å². The van der Waals surface area contributed by atoms with Crippen LogP contribution in [0.15, 0.2) is 6.07 Å². The quantitative estimate of drug-likeness (QED) is 0.632. The molecule has 0 spiro atoms. The van der Waals surface area contributed by atoms with E-state index in [2.05, 4.69) is 9.97 Å². The van der Waals surface area contributed by atoms with Crippen LogP contribution in [-0.4, -0.2) is 28.8 Å². The molecule has 0 aliphatic heterocycles. The third-order valence-corrected chi connectivity index (χ3v) is 1.99. The second-order valence-corrected chi connectivity index (χ2v) is 5.05. The zero-order chi connectivity index (χ0) is 14.7. The average molecular weight is 299 g/mol. The Kier molecular flexibility index (Phi) is 4.98. The van der Waals surface area contributed by atoms with E-state index in [9.17, 15) is 13.2 Å². The SMILES string of the molecule is CC(C)(C)OCCOc1cc(Cl)nc(C(F)(F)F)n1. The predicted octanol–water partition coefficient (Wildman–Crippen LogP) is 3.34. The van der Waals surface area contributed by atoms with Gasteiger partial charge in [-0.05, 0) is 20.8 Å². The summed E-state index contributed by atoms with van der Waals surface area (Å²) in [6, 6.07) is 1.12. The molecule has 0 amide bonds. The highest BCUT2D eigenvalue weighted by molar-refractivity contribution is 6.29. The van der Waals surface area contributed by atoms with Crippen molar-refractivity contribution in [1.29, 1.82) is 0 Å². The molecule has 19 heavy (non-hydrogen) atoms. The third kappa shape index (κ3) is 6.07. The van der Waals surface area contributed by atoms with Gasteiger partial charge in [0.05, 0.1) is 12.2 Å². The highest BCUT2D eigenvalue weighted by atomic mass is 35.5. The van der Waals surface area contributed by atoms with Crippen LogP contribution < -0.4 is 4.74 Å². The average Bonchev–Trinajstić information content (AvgIpc) is 2.21. The van der Waals surface area contributed by atoms with Gasteiger partial charge in [0.15, 0.2) is 0 Å². The van der Waals surface area contributed by atoms with Crippen molar-refractivity contribution in [2.75, 3.05) is 13.2 Å². The number of halogens is 4. The van der Waals surface area contributed by atoms with Crippen molar-refractivity contribution in [1.82, 2.24) is 9.97 Å². The lowest BCUT2D eigenvalue weighted by Gasteiger charge is -2.19. The zero-order valence-corrected chi connectivity index (χ0v) is 11.5. The summed E-state index contributed by atoms with van der Waals surface area (Å²) in [5, 5.41) is -0.325. The van der Waals surface area contributed by atoms with Crippen molar-refractivity contribution < 1.29 is 22.6 Å². The minimum absolute atomic E-state index is 0.0713. The van der Waals surface area contributed by atoms with E-state index in [1.165, 1.54) is 0 Å². The minimum Gasteiger partial charge on any atom is -0.475 e. The molecular weight excluding hydrogens is 285 g/mol. The van der Waals surface area contributed by atoms with Crippen molar-refractivity contribution in [3.05, 3.63) is 17.0 Å². The Bertz CT molecular complexity index is 433. The van der Waals surface area contributed by atoms with E-state index in [1.54, 1.807) is 0 Å². The first-order valence-electron chi connectivity index (χ1n) is 5.46. The van der Waals surface area contributed by atoms with E-state index in [1.807, 2.05) is 20.8 Å². The fourth-order valence-electron chi connectivity index (χ4n) is 1.09. The summed E-state index contributed by atoms with van der Waals surface area (Å²) >= 11 is 5.48. The molecular formula is C11H14ClF3N2O2. The second kappa shape index (κ2) is 5.92. The fourth-order valence-corrected chi connectivity index (χ4v) is 1.27. The first-order valence-corrected chi connectivity index (χ1v) is 5.84. The van der Waals surface area contributed by atoms with Crippen LogP contribution in [-0.2, 0) is 10.9 Å². The lowest BCUT2D eigenvalue weighted by Crippen LogP contribution is -2.22. The molecule has 108 valence electrons. The number of ether oxygens (including phenoxy) is 2. The maximum atomic E-state index is 12.4. The van der Waals surface area contributed by atoms with E-state index in [0.29, 0.717) is 0 Å². The zero-order valence-electron chi connectivity index (χ0n) is 10.7. The summed E-state index contributed by atoms with van der Waals surface area (Å²) < 4.78 is 47.7. The van der Waals surface area contributed by atoms with Gasteiger partial charge in [0.25, 0.3) is 0 Å². The van der Waals surface area contributed by atoms with Gasteiger partial charge in [0.1, 0.15) is 11.8 Å². The minimum atomic E-state index is -4.66. The number of alkyl halides is 3. The third-order valence-electron chi connectivity index (χ3n) is 1.79. The molecule has 0 saturated heterocycles.